The van der Waals surface area contributed by atoms with E-state index >= 15 is 0 Å². The first kappa shape index (κ1) is 23.0. The fraction of sp³-hybridized carbons (Fsp3) is 0.208. The highest BCUT2D eigenvalue weighted by Crippen LogP contribution is 2.30. The predicted octanol–water partition coefficient (Wildman–Crippen LogP) is 3.61. The quantitative estimate of drug-likeness (QED) is 0.599. The van der Waals surface area contributed by atoms with E-state index in [4.69, 9.17) is 4.84 Å². The number of likely N-dealkylation sites (N-methyl/N-ethyl adjacent to an activating group) is 1. The largest absolute Gasteiger partial charge is 0.379 e. The number of aromatic nitrogens is 2. The monoisotopic (exact) mass is 465 g/mol. The average Bonchev–Trinajstić information content (AvgIpc) is 3.22. The minimum Gasteiger partial charge on any atom is -0.379 e. The van der Waals surface area contributed by atoms with Gasteiger partial charge in [-0.25, -0.2) is 13.8 Å². The highest BCUT2D eigenvalue weighted by Gasteiger charge is 2.41. The van der Waals surface area contributed by atoms with Crippen molar-refractivity contribution in [2.75, 3.05) is 12.4 Å². The zero-order valence-electron chi connectivity index (χ0n) is 18.6. The van der Waals surface area contributed by atoms with Gasteiger partial charge in [0.2, 0.25) is 5.60 Å². The molecule has 34 heavy (non-hydrogen) atoms. The summed E-state index contributed by atoms with van der Waals surface area (Å²) in [6.45, 7) is 3.57. The molecule has 1 unspecified atom stereocenters. The van der Waals surface area contributed by atoms with Gasteiger partial charge in [0.05, 0.1) is 23.8 Å². The molecule has 10 heteroatoms. The lowest BCUT2D eigenvalue weighted by Crippen LogP contribution is -2.43. The summed E-state index contributed by atoms with van der Waals surface area (Å²) in [6, 6.07) is 8.81. The number of hydrogen-bond acceptors (Lipinski definition) is 6. The van der Waals surface area contributed by atoms with Crippen molar-refractivity contribution in [3.63, 3.8) is 0 Å². The predicted molar refractivity (Wildman–Crippen MR) is 121 cm³/mol. The van der Waals surface area contributed by atoms with Crippen LogP contribution >= 0.6 is 0 Å². The van der Waals surface area contributed by atoms with Crippen molar-refractivity contribution in [3.8, 4) is 11.3 Å². The number of oxime groups is 1. The molecule has 4 rings (SSSR count). The molecule has 0 aliphatic carbocycles. The fourth-order valence-electron chi connectivity index (χ4n) is 3.58. The maximum atomic E-state index is 13.8. The molecule has 1 atom stereocenters. The highest BCUT2D eigenvalue weighted by molar-refractivity contribution is 6.06. The van der Waals surface area contributed by atoms with Gasteiger partial charge in [-0.15, -0.1) is 0 Å². The fourth-order valence-corrected chi connectivity index (χ4v) is 3.58. The highest BCUT2D eigenvalue weighted by atomic mass is 19.1. The maximum absolute atomic E-state index is 13.8. The Morgan fingerprint density at radius 2 is 1.82 bits per heavy atom. The molecule has 2 heterocycles. The van der Waals surface area contributed by atoms with Crippen LogP contribution in [0.15, 0.2) is 53.9 Å². The van der Waals surface area contributed by atoms with Crippen LogP contribution in [0.1, 0.15) is 34.8 Å². The molecule has 1 aromatic heterocycles. The van der Waals surface area contributed by atoms with Gasteiger partial charge in [0, 0.05) is 24.6 Å². The molecule has 1 aliphatic heterocycles. The number of amides is 2. The second-order valence-electron chi connectivity index (χ2n) is 7.98. The normalized spacial score (nSPS) is 17.0. The maximum Gasteiger partial charge on any atom is 0.266 e. The first-order valence-electron chi connectivity index (χ1n) is 10.4. The van der Waals surface area contributed by atoms with Gasteiger partial charge in [-0.05, 0) is 37.6 Å². The molecule has 2 aromatic carbocycles. The van der Waals surface area contributed by atoms with Crippen molar-refractivity contribution in [3.05, 3.63) is 77.1 Å². The van der Waals surface area contributed by atoms with Crippen LogP contribution < -0.4 is 10.6 Å². The molecular formula is C24H21F2N5O3. The lowest BCUT2D eigenvalue weighted by molar-refractivity contribution is -0.141. The number of hydrogen-bond donors (Lipinski definition) is 2. The van der Waals surface area contributed by atoms with Crippen LogP contribution in [0.5, 0.6) is 0 Å². The molecule has 0 bridgehead atoms. The summed E-state index contributed by atoms with van der Waals surface area (Å²) in [7, 11) is 1.54. The Balaban J connectivity index is 1.54. The zero-order valence-corrected chi connectivity index (χ0v) is 18.6. The zero-order chi connectivity index (χ0) is 24.5. The Labute approximate surface area is 194 Å². The van der Waals surface area contributed by atoms with Gasteiger partial charge >= 0.3 is 0 Å². The third-order valence-corrected chi connectivity index (χ3v) is 5.50. The summed E-state index contributed by atoms with van der Waals surface area (Å²) in [4.78, 5) is 38.3. The Morgan fingerprint density at radius 1 is 1.09 bits per heavy atom. The number of carbonyl (C=O) groups is 2. The molecule has 0 radical (unpaired) electrons. The Hall–Kier alpha value is -4.21. The van der Waals surface area contributed by atoms with E-state index in [-0.39, 0.29) is 11.7 Å². The smallest absolute Gasteiger partial charge is 0.266 e. The Kier molecular flexibility index (Phi) is 6.06. The third-order valence-electron chi connectivity index (χ3n) is 5.50. The van der Waals surface area contributed by atoms with E-state index < -0.39 is 28.7 Å². The van der Waals surface area contributed by atoms with E-state index in [1.807, 2.05) is 25.1 Å². The van der Waals surface area contributed by atoms with E-state index in [9.17, 15) is 18.4 Å². The Bertz CT molecular complexity index is 1290. The van der Waals surface area contributed by atoms with E-state index in [2.05, 4.69) is 25.8 Å². The van der Waals surface area contributed by atoms with Gasteiger partial charge in [0.1, 0.15) is 17.2 Å². The summed E-state index contributed by atoms with van der Waals surface area (Å²) in [5.41, 5.74) is 1.81. The minimum absolute atomic E-state index is 0.0418. The number of nitrogens with zero attached hydrogens (tertiary/aromatic N) is 3. The number of nitrogens with one attached hydrogen (secondary N) is 2. The van der Waals surface area contributed by atoms with E-state index in [0.717, 1.165) is 28.8 Å². The van der Waals surface area contributed by atoms with Crippen molar-refractivity contribution >= 4 is 23.3 Å². The molecule has 1 aliphatic rings. The number of halogens is 2. The van der Waals surface area contributed by atoms with Crippen LogP contribution in [0.25, 0.3) is 11.3 Å². The van der Waals surface area contributed by atoms with Crippen LogP contribution in [-0.4, -0.2) is 40.1 Å². The van der Waals surface area contributed by atoms with Crippen LogP contribution in [0.4, 0.5) is 14.6 Å². The van der Waals surface area contributed by atoms with Crippen LogP contribution in [0.2, 0.25) is 0 Å². The van der Waals surface area contributed by atoms with E-state index in [1.54, 1.807) is 6.92 Å². The summed E-state index contributed by atoms with van der Waals surface area (Å²) >= 11 is 0. The Morgan fingerprint density at radius 3 is 2.47 bits per heavy atom. The number of carbonyl (C=O) groups excluding carboxylic acids is 2. The molecule has 0 spiro atoms. The molecule has 3 aromatic rings. The summed E-state index contributed by atoms with van der Waals surface area (Å²) < 4.78 is 27.7. The second-order valence-corrected chi connectivity index (χ2v) is 7.98. The summed E-state index contributed by atoms with van der Waals surface area (Å²) in [6.07, 6.45) is 3.05. The molecular weight excluding hydrogens is 444 g/mol. The minimum atomic E-state index is -1.08. The van der Waals surface area contributed by atoms with Gasteiger partial charge < -0.3 is 15.5 Å². The van der Waals surface area contributed by atoms with Crippen molar-refractivity contribution in [2.24, 2.45) is 5.16 Å². The molecule has 8 nitrogen and oxygen atoms in total. The van der Waals surface area contributed by atoms with E-state index in [1.165, 1.54) is 25.5 Å². The second kappa shape index (κ2) is 8.97. The summed E-state index contributed by atoms with van der Waals surface area (Å²) in [5, 5.41) is 9.02. The van der Waals surface area contributed by atoms with Gasteiger partial charge in [-0.3, -0.25) is 14.6 Å². The van der Waals surface area contributed by atoms with Gasteiger partial charge in [-0.1, -0.05) is 23.4 Å². The van der Waals surface area contributed by atoms with Crippen LogP contribution in [0, 0.1) is 18.6 Å². The standard InChI is InChI=1S/C24H21F2N5O3/c1-13-7-8-14(18-10-24(2,34-31-18)23(33)27-3)9-15(13)19-11-29-20(12-28-19)30-22(32)21-16(25)5-4-6-17(21)26/h4-9,11-12H,10H2,1-3H3,(H,27,33)(H,29,30,32). The van der Waals surface area contributed by atoms with Gasteiger partial charge in [0.25, 0.3) is 11.8 Å². The summed E-state index contributed by atoms with van der Waals surface area (Å²) in [5.74, 6) is -3.13. The lowest BCUT2D eigenvalue weighted by atomic mass is 9.93. The number of aryl methyl sites for hydroxylation is 1. The van der Waals surface area contributed by atoms with Crippen molar-refractivity contribution in [2.45, 2.75) is 25.9 Å². The third kappa shape index (κ3) is 4.34. The molecule has 2 amide bonds. The van der Waals surface area contributed by atoms with E-state index in [0.29, 0.717) is 17.8 Å². The first-order chi connectivity index (χ1) is 16.2. The topological polar surface area (TPSA) is 106 Å². The van der Waals surface area contributed by atoms with Crippen LogP contribution in [-0.2, 0) is 9.63 Å². The van der Waals surface area contributed by atoms with Crippen molar-refractivity contribution in [1.29, 1.82) is 0 Å². The SMILES string of the molecule is CNC(=O)C1(C)CC(c2ccc(C)c(-c3cnc(NC(=O)c4c(F)cccc4F)cn3)c2)=NO1. The number of benzene rings is 2. The number of rotatable bonds is 5. The van der Waals surface area contributed by atoms with Crippen molar-refractivity contribution < 1.29 is 23.2 Å². The first-order valence-corrected chi connectivity index (χ1v) is 10.4. The van der Waals surface area contributed by atoms with Gasteiger partial charge in [0.15, 0.2) is 5.82 Å². The molecule has 0 fully saturated rings. The molecule has 174 valence electrons. The number of anilines is 1. The lowest BCUT2D eigenvalue weighted by Gasteiger charge is -2.18. The van der Waals surface area contributed by atoms with Gasteiger partial charge in [-0.2, -0.15) is 0 Å². The molecule has 0 saturated heterocycles. The van der Waals surface area contributed by atoms with Crippen LogP contribution in [0.3, 0.4) is 0 Å². The van der Waals surface area contributed by atoms with Crippen molar-refractivity contribution in [1.82, 2.24) is 15.3 Å². The molecule has 0 saturated carbocycles. The molecule has 2 N–H and O–H groups in total. The average molecular weight is 465 g/mol.